The van der Waals surface area contributed by atoms with Gasteiger partial charge < -0.3 is 14.0 Å². The predicted molar refractivity (Wildman–Crippen MR) is 107 cm³/mol. The van der Waals surface area contributed by atoms with Crippen molar-refractivity contribution in [2.45, 2.75) is 6.54 Å². The molecule has 0 unspecified atom stereocenters. The van der Waals surface area contributed by atoms with Crippen molar-refractivity contribution >= 4 is 43.4 Å². The summed E-state index contributed by atoms with van der Waals surface area (Å²) in [6.45, 7) is 4.33. The van der Waals surface area contributed by atoms with E-state index in [-0.39, 0.29) is 5.91 Å². The van der Waals surface area contributed by atoms with E-state index in [1.807, 2.05) is 34.9 Å². The summed E-state index contributed by atoms with van der Waals surface area (Å²) in [5, 5.41) is 0. The summed E-state index contributed by atoms with van der Waals surface area (Å²) >= 11 is 4.82. The minimum Gasteiger partial charge on any atom is -0.493 e. The summed E-state index contributed by atoms with van der Waals surface area (Å²) in [6, 6.07) is 11.0. The lowest BCUT2D eigenvalue weighted by Gasteiger charge is -2.08. The minimum absolute atomic E-state index is 0.305. The average molecular weight is 433 g/mol. The molecule has 5 nitrogen and oxygen atoms in total. The fourth-order valence-electron chi connectivity index (χ4n) is 2.57. The second-order valence-corrected chi connectivity index (χ2v) is 7.22. The van der Waals surface area contributed by atoms with Crippen molar-refractivity contribution in [3.05, 3.63) is 63.9 Å². The molecule has 7 heteroatoms. The molecule has 0 fully saturated rings. The molecule has 0 aliphatic rings. The van der Waals surface area contributed by atoms with Gasteiger partial charge in [0.25, 0.3) is 5.91 Å². The molecule has 1 amide bonds. The highest BCUT2D eigenvalue weighted by molar-refractivity contribution is 9.10. The summed E-state index contributed by atoms with van der Waals surface area (Å²) < 4.78 is 14.4. The molecular weight excluding hydrogens is 416 g/mol. The summed E-state index contributed by atoms with van der Waals surface area (Å²) in [6.07, 6.45) is 1.77. The van der Waals surface area contributed by atoms with E-state index in [0.29, 0.717) is 32.9 Å². The zero-order valence-corrected chi connectivity index (χ0v) is 16.8. The van der Waals surface area contributed by atoms with Crippen LogP contribution < -0.4 is 14.3 Å². The largest absolute Gasteiger partial charge is 0.493 e. The van der Waals surface area contributed by atoms with Crippen LogP contribution in [-0.4, -0.2) is 24.7 Å². The first kappa shape index (κ1) is 18.4. The highest BCUT2D eigenvalue weighted by atomic mass is 79.9. The normalized spacial score (nSPS) is 11.6. The van der Waals surface area contributed by atoms with Crippen molar-refractivity contribution in [2.24, 2.45) is 4.99 Å². The van der Waals surface area contributed by atoms with Crippen LogP contribution in [0.3, 0.4) is 0 Å². The number of aromatic nitrogens is 1. The van der Waals surface area contributed by atoms with E-state index in [0.717, 1.165) is 10.2 Å². The fraction of sp³-hybridized carbons (Fsp3) is 0.158. The van der Waals surface area contributed by atoms with Crippen LogP contribution in [0.4, 0.5) is 0 Å². The third-order valence-corrected chi connectivity index (χ3v) is 5.53. The topological polar surface area (TPSA) is 52.8 Å². The number of halogens is 1. The van der Waals surface area contributed by atoms with E-state index >= 15 is 0 Å². The van der Waals surface area contributed by atoms with Gasteiger partial charge in [-0.1, -0.05) is 29.5 Å². The van der Waals surface area contributed by atoms with Crippen LogP contribution in [0, 0.1) is 0 Å². The lowest BCUT2D eigenvalue weighted by atomic mass is 10.2. The number of hydrogen-bond donors (Lipinski definition) is 0. The van der Waals surface area contributed by atoms with E-state index in [1.54, 1.807) is 26.4 Å². The average Bonchev–Trinajstić information content (AvgIpc) is 2.97. The molecule has 0 spiro atoms. The van der Waals surface area contributed by atoms with Gasteiger partial charge in [-0.05, 0) is 28.1 Å². The van der Waals surface area contributed by atoms with Gasteiger partial charge in [0, 0.05) is 23.2 Å². The van der Waals surface area contributed by atoms with Crippen molar-refractivity contribution in [1.82, 2.24) is 4.57 Å². The van der Waals surface area contributed by atoms with Crippen LogP contribution in [0.2, 0.25) is 0 Å². The highest BCUT2D eigenvalue weighted by Gasteiger charge is 2.14. The van der Waals surface area contributed by atoms with Gasteiger partial charge in [-0.3, -0.25) is 4.79 Å². The van der Waals surface area contributed by atoms with Crippen molar-refractivity contribution in [1.29, 1.82) is 0 Å². The molecule has 0 radical (unpaired) electrons. The molecule has 134 valence electrons. The maximum Gasteiger partial charge on any atom is 0.280 e. The number of fused-ring (bicyclic) bond motifs is 1. The Bertz CT molecular complexity index is 1050. The SMILES string of the molecule is C=CCn1c(=NC(=O)c2ccccc2Br)sc2cc(OC)c(OC)cc21. The Balaban J connectivity index is 2.21. The second kappa shape index (κ2) is 7.88. The lowest BCUT2D eigenvalue weighted by Crippen LogP contribution is -2.16. The Labute approximate surface area is 163 Å². The number of amides is 1. The van der Waals surface area contributed by atoms with Crippen LogP contribution in [0.15, 0.2) is 58.5 Å². The van der Waals surface area contributed by atoms with Crippen LogP contribution in [0.5, 0.6) is 11.5 Å². The molecule has 3 aromatic rings. The molecule has 0 saturated heterocycles. The van der Waals surface area contributed by atoms with E-state index in [4.69, 9.17) is 9.47 Å². The molecule has 1 heterocycles. The number of hydrogen-bond acceptors (Lipinski definition) is 4. The molecular formula is C19H17BrN2O3S. The quantitative estimate of drug-likeness (QED) is 0.561. The monoisotopic (exact) mass is 432 g/mol. The number of benzene rings is 2. The molecule has 26 heavy (non-hydrogen) atoms. The first-order valence-corrected chi connectivity index (χ1v) is 9.39. The molecule has 0 aliphatic heterocycles. The smallest absolute Gasteiger partial charge is 0.280 e. The Morgan fingerprint density at radius 3 is 2.62 bits per heavy atom. The van der Waals surface area contributed by atoms with E-state index in [1.165, 1.54) is 11.3 Å². The highest BCUT2D eigenvalue weighted by Crippen LogP contribution is 2.33. The van der Waals surface area contributed by atoms with E-state index < -0.39 is 0 Å². The van der Waals surface area contributed by atoms with Crippen LogP contribution in [-0.2, 0) is 6.54 Å². The summed E-state index contributed by atoms with van der Waals surface area (Å²) in [5.74, 6) is 0.954. The van der Waals surface area contributed by atoms with Crippen LogP contribution in [0.1, 0.15) is 10.4 Å². The Morgan fingerprint density at radius 1 is 1.27 bits per heavy atom. The number of carbonyl (C=O) groups is 1. The first-order valence-electron chi connectivity index (χ1n) is 7.79. The van der Waals surface area contributed by atoms with Gasteiger partial charge >= 0.3 is 0 Å². The first-order chi connectivity index (χ1) is 12.6. The Kier molecular flexibility index (Phi) is 5.58. The van der Waals surface area contributed by atoms with Gasteiger partial charge in [-0.25, -0.2) is 0 Å². The minimum atomic E-state index is -0.305. The molecule has 0 atom stereocenters. The molecule has 2 aromatic carbocycles. The van der Waals surface area contributed by atoms with Crippen molar-refractivity contribution in [2.75, 3.05) is 14.2 Å². The lowest BCUT2D eigenvalue weighted by molar-refractivity contribution is 0.0997. The van der Waals surface area contributed by atoms with Crippen LogP contribution in [0.25, 0.3) is 10.2 Å². The molecule has 0 saturated carbocycles. The number of methoxy groups -OCH3 is 2. The van der Waals surface area contributed by atoms with Crippen molar-refractivity contribution < 1.29 is 14.3 Å². The van der Waals surface area contributed by atoms with Gasteiger partial charge in [0.05, 0.1) is 30.0 Å². The number of allylic oxidation sites excluding steroid dienone is 1. The van der Waals surface area contributed by atoms with Gasteiger partial charge in [0.15, 0.2) is 16.3 Å². The molecule has 3 rings (SSSR count). The van der Waals surface area contributed by atoms with Gasteiger partial charge in [-0.15, -0.1) is 6.58 Å². The third kappa shape index (κ3) is 3.45. The maximum absolute atomic E-state index is 12.6. The zero-order chi connectivity index (χ0) is 18.7. The van der Waals surface area contributed by atoms with Gasteiger partial charge in [0.2, 0.25) is 0 Å². The third-order valence-electron chi connectivity index (χ3n) is 3.80. The van der Waals surface area contributed by atoms with Gasteiger partial charge in [0.1, 0.15) is 0 Å². The number of ether oxygens (including phenoxy) is 2. The van der Waals surface area contributed by atoms with Crippen molar-refractivity contribution in [3.8, 4) is 11.5 Å². The van der Waals surface area contributed by atoms with Gasteiger partial charge in [-0.2, -0.15) is 4.99 Å². The number of nitrogens with zero attached hydrogens (tertiary/aromatic N) is 2. The fourth-order valence-corrected chi connectivity index (χ4v) is 4.07. The number of rotatable bonds is 5. The predicted octanol–water partition coefficient (Wildman–Crippen LogP) is 4.41. The van der Waals surface area contributed by atoms with E-state index in [2.05, 4.69) is 27.5 Å². The van der Waals surface area contributed by atoms with Crippen molar-refractivity contribution in [3.63, 3.8) is 0 Å². The molecule has 0 aliphatic carbocycles. The summed E-state index contributed by atoms with van der Waals surface area (Å²) in [4.78, 5) is 17.6. The number of thiazole rings is 1. The molecule has 0 bridgehead atoms. The summed E-state index contributed by atoms with van der Waals surface area (Å²) in [5.41, 5.74) is 1.43. The second-order valence-electron chi connectivity index (χ2n) is 5.36. The van der Waals surface area contributed by atoms with E-state index in [9.17, 15) is 4.79 Å². The molecule has 1 aromatic heterocycles. The Morgan fingerprint density at radius 2 is 1.96 bits per heavy atom. The van der Waals surface area contributed by atoms with Crippen LogP contribution >= 0.6 is 27.3 Å². The number of carbonyl (C=O) groups excluding carboxylic acids is 1. The maximum atomic E-state index is 12.6. The standard InChI is InChI=1S/C19H17BrN2O3S/c1-4-9-22-14-10-15(24-2)16(25-3)11-17(14)26-19(22)21-18(23)12-7-5-6-8-13(12)20/h4-8,10-11H,1,9H2,2-3H3. The zero-order valence-electron chi connectivity index (χ0n) is 14.4. The Hall–Kier alpha value is -2.38. The molecule has 0 N–H and O–H groups in total. The summed E-state index contributed by atoms with van der Waals surface area (Å²) in [7, 11) is 3.19.